The number of nitrogens with one attached hydrogen (secondary N) is 1. The average molecular weight is 751 g/mol. The number of hydrogen-bond acceptors (Lipinski definition) is 2. The molecule has 0 aromatic heterocycles. The molecule has 0 amide bonds. The predicted molar refractivity (Wildman–Crippen MR) is 255 cm³/mol. The topological polar surface area (TPSA) is 15.3 Å². The molecular weight excluding hydrogens is 701 g/mol. The molecule has 0 fully saturated rings. The number of hydrogen-bond donors (Lipinski definition) is 1. The van der Waals surface area contributed by atoms with Crippen LogP contribution in [0, 0.1) is 0 Å². The standard InChI is InChI=1S/C22H23N.C22H16.C12H11N/c1-4-11-20(12-5-2)23(21-14-8-7-9-15-21)22-16-10-13-19(6-3)17-18-22;1-2-8-17(9-3-1)14-15-22-20-12-6-4-10-18(20)16-19-11-5-7-13-21(19)22;1-3-7-11(8-4-1)13-12-9-5-2-6-10-12/h4-9,11-18H,1,3,10H2,2H3;1-16H;1-10,13H/b12-5-,20-11+;15-14+;. The van der Waals surface area contributed by atoms with E-state index < -0.39 is 0 Å². The lowest BCUT2D eigenvalue weighted by Crippen LogP contribution is -2.19. The molecule has 0 aliphatic heterocycles. The van der Waals surface area contributed by atoms with Crippen molar-refractivity contribution in [3.63, 3.8) is 0 Å². The number of fused-ring (bicyclic) bond motifs is 2. The fourth-order valence-corrected chi connectivity index (χ4v) is 6.65. The third kappa shape index (κ3) is 11.3. The fourth-order valence-electron chi connectivity index (χ4n) is 6.65. The molecule has 0 heterocycles. The van der Waals surface area contributed by atoms with Gasteiger partial charge in [0.05, 0.1) is 0 Å². The van der Waals surface area contributed by atoms with E-state index in [9.17, 15) is 0 Å². The fraction of sp³-hybridized carbons (Fsp3) is 0.0357. The number of benzene rings is 7. The highest BCUT2D eigenvalue weighted by atomic mass is 15.1. The molecule has 0 spiro atoms. The molecule has 1 aliphatic rings. The number of anilines is 3. The minimum atomic E-state index is 0.879. The Balaban J connectivity index is 0.000000152. The molecule has 8 rings (SSSR count). The van der Waals surface area contributed by atoms with Crippen LogP contribution in [0.3, 0.4) is 0 Å². The molecule has 0 bridgehead atoms. The third-order valence-electron chi connectivity index (χ3n) is 9.41. The van der Waals surface area contributed by atoms with E-state index in [-0.39, 0.29) is 0 Å². The van der Waals surface area contributed by atoms with Crippen molar-refractivity contribution in [2.75, 3.05) is 10.2 Å². The summed E-state index contributed by atoms with van der Waals surface area (Å²) >= 11 is 0. The first-order valence-electron chi connectivity index (χ1n) is 19.7. The Kier molecular flexibility index (Phi) is 15.0. The quantitative estimate of drug-likeness (QED) is 0.0851. The summed E-state index contributed by atoms with van der Waals surface area (Å²) in [7, 11) is 0. The lowest BCUT2D eigenvalue weighted by molar-refractivity contribution is 1.12. The van der Waals surface area contributed by atoms with Crippen LogP contribution in [0.4, 0.5) is 17.1 Å². The molecule has 0 saturated carbocycles. The van der Waals surface area contributed by atoms with Crippen molar-refractivity contribution in [3.8, 4) is 0 Å². The van der Waals surface area contributed by atoms with Crippen LogP contribution < -0.4 is 10.2 Å². The van der Waals surface area contributed by atoms with Crippen molar-refractivity contribution in [1.82, 2.24) is 0 Å². The maximum Gasteiger partial charge on any atom is 0.0461 e. The lowest BCUT2D eigenvalue weighted by atomic mass is 9.96. The summed E-state index contributed by atoms with van der Waals surface area (Å²) in [4.78, 5) is 2.23. The van der Waals surface area contributed by atoms with Crippen molar-refractivity contribution < 1.29 is 0 Å². The van der Waals surface area contributed by atoms with E-state index >= 15 is 0 Å². The van der Waals surface area contributed by atoms with E-state index in [1.54, 1.807) is 0 Å². The zero-order valence-electron chi connectivity index (χ0n) is 33.2. The summed E-state index contributed by atoms with van der Waals surface area (Å²) in [5.41, 5.74) is 9.22. The minimum absolute atomic E-state index is 0.879. The second-order valence-electron chi connectivity index (χ2n) is 13.4. The van der Waals surface area contributed by atoms with Gasteiger partial charge in [-0.05, 0) is 112 Å². The van der Waals surface area contributed by atoms with Gasteiger partial charge in [-0.2, -0.15) is 0 Å². The van der Waals surface area contributed by atoms with Crippen LogP contribution in [0.25, 0.3) is 33.7 Å². The molecule has 7 aromatic rings. The monoisotopic (exact) mass is 750 g/mol. The third-order valence-corrected chi connectivity index (χ3v) is 9.41. The van der Waals surface area contributed by atoms with Crippen LogP contribution in [-0.4, -0.2) is 0 Å². The van der Waals surface area contributed by atoms with Crippen LogP contribution in [0.1, 0.15) is 24.5 Å². The van der Waals surface area contributed by atoms with E-state index in [0.29, 0.717) is 0 Å². The molecule has 7 aromatic carbocycles. The van der Waals surface area contributed by atoms with E-state index in [0.717, 1.165) is 40.5 Å². The van der Waals surface area contributed by atoms with Gasteiger partial charge in [0.2, 0.25) is 0 Å². The largest absolute Gasteiger partial charge is 0.356 e. The second kappa shape index (κ2) is 21.6. The number of para-hydroxylation sites is 3. The van der Waals surface area contributed by atoms with Crippen molar-refractivity contribution in [2.24, 2.45) is 0 Å². The Morgan fingerprint density at radius 3 is 1.67 bits per heavy atom. The highest BCUT2D eigenvalue weighted by molar-refractivity contribution is 6.07. The van der Waals surface area contributed by atoms with Gasteiger partial charge >= 0.3 is 0 Å². The SMILES string of the molecule is C(=C\c1c2ccccc2cc2ccccc12)/c1ccccc1.C=C/C=C(\C=C/C)N(C1=CCC=C(C=C)C=C1)c1ccccc1.c1ccc(Nc2ccccc2)cc1. The van der Waals surface area contributed by atoms with Gasteiger partial charge in [-0.15, -0.1) is 0 Å². The second-order valence-corrected chi connectivity index (χ2v) is 13.4. The van der Waals surface area contributed by atoms with E-state index in [2.05, 4.69) is 169 Å². The Morgan fingerprint density at radius 1 is 0.586 bits per heavy atom. The summed E-state index contributed by atoms with van der Waals surface area (Å²) < 4.78 is 0. The highest BCUT2D eigenvalue weighted by Crippen LogP contribution is 2.31. The predicted octanol–water partition coefficient (Wildman–Crippen LogP) is 15.7. The number of nitrogens with zero attached hydrogens (tertiary/aromatic N) is 1. The van der Waals surface area contributed by atoms with Crippen molar-refractivity contribution in [2.45, 2.75) is 13.3 Å². The molecule has 2 heteroatoms. The molecule has 1 N–H and O–H groups in total. The highest BCUT2D eigenvalue weighted by Gasteiger charge is 2.14. The van der Waals surface area contributed by atoms with Crippen molar-refractivity contribution in [1.29, 1.82) is 0 Å². The van der Waals surface area contributed by atoms with Gasteiger partial charge in [-0.25, -0.2) is 0 Å². The average Bonchev–Trinajstić information content (AvgIpc) is 3.53. The smallest absolute Gasteiger partial charge is 0.0461 e. The van der Waals surface area contributed by atoms with Gasteiger partial charge in [-0.3, -0.25) is 0 Å². The molecule has 0 saturated heterocycles. The summed E-state index contributed by atoms with van der Waals surface area (Å²) in [6, 6.07) is 60.5. The summed E-state index contributed by atoms with van der Waals surface area (Å²) in [6.07, 6.45) is 23.8. The first-order chi connectivity index (χ1) is 28.7. The Hall–Kier alpha value is -7.42. The van der Waals surface area contributed by atoms with Crippen LogP contribution in [0.2, 0.25) is 0 Å². The maximum absolute atomic E-state index is 3.86. The van der Waals surface area contributed by atoms with Gasteiger partial charge in [0, 0.05) is 28.5 Å². The van der Waals surface area contributed by atoms with Gasteiger partial charge in [0.15, 0.2) is 0 Å². The number of allylic oxidation sites excluding steroid dienone is 10. The first kappa shape index (κ1) is 40.2. The van der Waals surface area contributed by atoms with E-state index in [1.165, 1.54) is 32.7 Å². The van der Waals surface area contributed by atoms with E-state index in [1.807, 2.05) is 104 Å². The zero-order chi connectivity index (χ0) is 40.2. The molecule has 0 radical (unpaired) electrons. The summed E-state index contributed by atoms with van der Waals surface area (Å²) in [5.74, 6) is 0. The van der Waals surface area contributed by atoms with Crippen LogP contribution in [0.15, 0.2) is 261 Å². The van der Waals surface area contributed by atoms with Crippen molar-refractivity contribution in [3.05, 3.63) is 272 Å². The minimum Gasteiger partial charge on any atom is -0.356 e. The first-order valence-corrected chi connectivity index (χ1v) is 19.7. The van der Waals surface area contributed by atoms with Crippen molar-refractivity contribution >= 4 is 50.8 Å². The molecule has 0 atom stereocenters. The van der Waals surface area contributed by atoms with Crippen LogP contribution in [-0.2, 0) is 0 Å². The molecular formula is C56H50N2. The maximum atomic E-state index is 3.86. The molecule has 1 aliphatic carbocycles. The van der Waals surface area contributed by atoms with Gasteiger partial charge in [0.25, 0.3) is 0 Å². The van der Waals surface area contributed by atoms with E-state index in [4.69, 9.17) is 0 Å². The van der Waals surface area contributed by atoms with Crippen LogP contribution in [0.5, 0.6) is 0 Å². The Labute approximate surface area is 344 Å². The van der Waals surface area contributed by atoms with Crippen LogP contribution >= 0.6 is 0 Å². The molecule has 2 nitrogen and oxygen atoms in total. The normalized spacial score (nSPS) is 12.4. The van der Waals surface area contributed by atoms with Gasteiger partial charge in [-0.1, -0.05) is 195 Å². The van der Waals surface area contributed by atoms with Gasteiger partial charge in [0.1, 0.15) is 0 Å². The summed E-state index contributed by atoms with van der Waals surface area (Å²) in [5, 5.41) is 8.47. The molecule has 284 valence electrons. The Bertz CT molecular complexity index is 2480. The Morgan fingerprint density at radius 2 is 1.12 bits per heavy atom. The molecule has 58 heavy (non-hydrogen) atoms. The lowest BCUT2D eigenvalue weighted by Gasteiger charge is -2.27. The molecule has 0 unspecified atom stereocenters. The summed E-state index contributed by atoms with van der Waals surface area (Å²) in [6.45, 7) is 9.73. The zero-order valence-corrected chi connectivity index (χ0v) is 33.2. The van der Waals surface area contributed by atoms with Gasteiger partial charge < -0.3 is 10.2 Å². The number of rotatable bonds is 10.